The Hall–Kier alpha value is -1.68. The van der Waals surface area contributed by atoms with Gasteiger partial charge in [-0.1, -0.05) is 30.3 Å². The number of carbonyl (C=O) groups excluding carboxylic acids is 1. The molecule has 1 aromatic carbocycles. The fourth-order valence-electron chi connectivity index (χ4n) is 2.56. The number of nitrogens with two attached hydrogens (primary N) is 1. The van der Waals surface area contributed by atoms with Gasteiger partial charge in [-0.25, -0.2) is 0 Å². The molecule has 102 valence electrons. The number of rotatable bonds is 5. The molecule has 4 N–H and O–H groups in total. The molecule has 19 heavy (non-hydrogen) atoms. The van der Waals surface area contributed by atoms with E-state index >= 15 is 0 Å². The number of benzene rings is 1. The highest BCUT2D eigenvalue weighted by molar-refractivity contribution is 5.79. The number of hydrogen-bond acceptors (Lipinski definition) is 2. The lowest BCUT2D eigenvalue weighted by Crippen LogP contribution is -2.86. The molecule has 0 aliphatic carbocycles. The van der Waals surface area contributed by atoms with Crippen molar-refractivity contribution in [2.75, 3.05) is 13.1 Å². The quantitative estimate of drug-likeness (QED) is 0.675. The largest absolute Gasteiger partial charge is 0.349 e. The third-order valence-electron chi connectivity index (χ3n) is 3.68. The minimum atomic E-state index is -0.0721. The summed E-state index contributed by atoms with van der Waals surface area (Å²) in [5.74, 6) is 0.283. The molecule has 1 heterocycles. The van der Waals surface area contributed by atoms with Crippen LogP contribution in [0, 0.1) is 11.3 Å². The summed E-state index contributed by atoms with van der Waals surface area (Å²) < 4.78 is 0. The van der Waals surface area contributed by atoms with Crippen LogP contribution in [0.5, 0.6) is 0 Å². The molecule has 0 spiro atoms. The molecule has 1 saturated heterocycles. The van der Waals surface area contributed by atoms with Gasteiger partial charge in [0.1, 0.15) is 0 Å². The predicted molar refractivity (Wildman–Crippen MR) is 75.1 cm³/mol. The molecule has 0 aromatic heterocycles. The van der Waals surface area contributed by atoms with Gasteiger partial charge in [0, 0.05) is 25.2 Å². The molecular weight excluding hydrogens is 238 g/mol. The second kappa shape index (κ2) is 7.04. The third kappa shape index (κ3) is 3.89. The van der Waals surface area contributed by atoms with Crippen molar-refractivity contribution >= 4 is 12.1 Å². The summed E-state index contributed by atoms with van der Waals surface area (Å²) in [5.41, 5.74) is 1.07. The Morgan fingerprint density at radius 3 is 2.68 bits per heavy atom. The van der Waals surface area contributed by atoms with E-state index in [1.54, 1.807) is 0 Å². The summed E-state index contributed by atoms with van der Waals surface area (Å²) in [7, 11) is 0. The number of amides is 1. The summed E-state index contributed by atoms with van der Waals surface area (Å²) in [6, 6.07) is 9.83. The van der Waals surface area contributed by atoms with Crippen molar-refractivity contribution in [2.45, 2.75) is 25.3 Å². The Morgan fingerprint density at radius 1 is 1.37 bits per heavy atom. The van der Waals surface area contributed by atoms with Gasteiger partial charge in [-0.3, -0.25) is 4.79 Å². The topological polar surface area (TPSA) is 69.6 Å². The van der Waals surface area contributed by atoms with Crippen LogP contribution in [-0.4, -0.2) is 25.2 Å². The first-order valence-corrected chi connectivity index (χ1v) is 6.97. The number of nitrogens with one attached hydrogen (secondary N) is 2. The van der Waals surface area contributed by atoms with E-state index in [2.05, 4.69) is 10.6 Å². The van der Waals surface area contributed by atoms with Crippen molar-refractivity contribution < 1.29 is 10.1 Å². The van der Waals surface area contributed by atoms with Crippen LogP contribution in [0.2, 0.25) is 0 Å². The zero-order valence-electron chi connectivity index (χ0n) is 11.1. The number of quaternary nitrogens is 1. The van der Waals surface area contributed by atoms with E-state index in [-0.39, 0.29) is 17.9 Å². The van der Waals surface area contributed by atoms with Gasteiger partial charge in [0.15, 0.2) is 0 Å². The molecule has 4 heteroatoms. The highest BCUT2D eigenvalue weighted by Gasteiger charge is 2.25. The van der Waals surface area contributed by atoms with Gasteiger partial charge in [0.05, 0.1) is 19.1 Å². The lowest BCUT2D eigenvalue weighted by Gasteiger charge is -2.23. The molecule has 1 atom stereocenters. The maximum Gasteiger partial charge on any atom is 0.224 e. The van der Waals surface area contributed by atoms with Gasteiger partial charge >= 0.3 is 0 Å². The van der Waals surface area contributed by atoms with Gasteiger partial charge < -0.3 is 16.0 Å². The van der Waals surface area contributed by atoms with Crippen molar-refractivity contribution in [3.63, 3.8) is 0 Å². The number of carbonyl (C=O) groups is 1. The fraction of sp³-hybridized carbons (Fsp3) is 0.467. The summed E-state index contributed by atoms with van der Waals surface area (Å²) in [4.78, 5) is 12.3. The summed E-state index contributed by atoms with van der Waals surface area (Å²) in [5, 5.41) is 12.6. The van der Waals surface area contributed by atoms with Crippen LogP contribution in [0.4, 0.5) is 0 Å². The smallest absolute Gasteiger partial charge is 0.224 e. The Kier molecular flexibility index (Phi) is 5.10. The van der Waals surface area contributed by atoms with E-state index in [4.69, 9.17) is 5.41 Å². The van der Waals surface area contributed by atoms with Crippen LogP contribution in [0.1, 0.15) is 30.9 Å². The predicted octanol–water partition coefficient (Wildman–Crippen LogP) is 0.857. The Morgan fingerprint density at radius 2 is 2.05 bits per heavy atom. The first kappa shape index (κ1) is 13.7. The zero-order valence-corrected chi connectivity index (χ0v) is 11.1. The van der Waals surface area contributed by atoms with Crippen molar-refractivity contribution in [3.05, 3.63) is 35.9 Å². The maximum absolute atomic E-state index is 12.3. The van der Waals surface area contributed by atoms with Gasteiger partial charge in [-0.2, -0.15) is 0 Å². The molecule has 1 fully saturated rings. The van der Waals surface area contributed by atoms with Crippen molar-refractivity contribution in [3.8, 4) is 0 Å². The zero-order chi connectivity index (χ0) is 13.5. The van der Waals surface area contributed by atoms with Crippen molar-refractivity contribution in [2.24, 2.45) is 5.92 Å². The van der Waals surface area contributed by atoms with E-state index in [1.807, 2.05) is 30.3 Å². The summed E-state index contributed by atoms with van der Waals surface area (Å²) >= 11 is 0. The fourth-order valence-corrected chi connectivity index (χ4v) is 2.56. The molecule has 1 aliphatic rings. The summed E-state index contributed by atoms with van der Waals surface area (Å²) in [6.07, 6.45) is 3.83. The Balaban J connectivity index is 2.00. The molecule has 0 unspecified atom stereocenters. The van der Waals surface area contributed by atoms with E-state index in [0.717, 1.165) is 31.5 Å². The number of hydrogen-bond donors (Lipinski definition) is 3. The molecular formula is C15H22N3O+. The van der Waals surface area contributed by atoms with Crippen LogP contribution in [0.15, 0.2) is 30.3 Å². The average Bonchev–Trinajstić information content (AvgIpc) is 2.48. The van der Waals surface area contributed by atoms with Crippen LogP contribution in [0.25, 0.3) is 0 Å². The highest BCUT2D eigenvalue weighted by atomic mass is 16.1. The first-order valence-electron chi connectivity index (χ1n) is 6.97. The third-order valence-corrected chi connectivity index (χ3v) is 3.68. The Labute approximate surface area is 114 Å². The molecule has 2 rings (SSSR count). The van der Waals surface area contributed by atoms with Crippen molar-refractivity contribution in [1.82, 2.24) is 5.32 Å². The molecule has 0 saturated carbocycles. The molecule has 0 bridgehead atoms. The first-order chi connectivity index (χ1) is 9.31. The highest BCUT2D eigenvalue weighted by Crippen LogP contribution is 2.18. The monoisotopic (exact) mass is 260 g/mol. The van der Waals surface area contributed by atoms with Gasteiger partial charge in [0.2, 0.25) is 5.91 Å². The van der Waals surface area contributed by atoms with E-state index < -0.39 is 0 Å². The molecule has 0 radical (unpaired) electrons. The van der Waals surface area contributed by atoms with Crippen LogP contribution < -0.4 is 10.6 Å². The second-order valence-corrected chi connectivity index (χ2v) is 5.05. The maximum atomic E-state index is 12.3. The van der Waals surface area contributed by atoms with Gasteiger partial charge in [0.25, 0.3) is 0 Å². The minimum Gasteiger partial charge on any atom is -0.349 e. The van der Waals surface area contributed by atoms with Crippen molar-refractivity contribution in [1.29, 1.82) is 5.41 Å². The Bertz CT molecular complexity index is 413. The lowest BCUT2D eigenvalue weighted by atomic mass is 9.96. The SMILES string of the molecule is N=CC[C@H](NC(=O)C1CC[NH2+]CC1)c1ccccc1. The van der Waals surface area contributed by atoms with Crippen LogP contribution >= 0.6 is 0 Å². The van der Waals surface area contributed by atoms with Crippen LogP contribution in [-0.2, 0) is 4.79 Å². The van der Waals surface area contributed by atoms with E-state index in [9.17, 15) is 4.79 Å². The second-order valence-electron chi connectivity index (χ2n) is 5.05. The summed E-state index contributed by atoms with van der Waals surface area (Å²) in [6.45, 7) is 2.08. The van der Waals surface area contributed by atoms with Gasteiger partial charge in [-0.15, -0.1) is 0 Å². The normalized spacial score (nSPS) is 17.7. The van der Waals surface area contributed by atoms with Gasteiger partial charge in [-0.05, 0) is 11.8 Å². The standard InChI is InChI=1S/C15H21N3O/c16-9-6-14(12-4-2-1-3-5-12)18-15(19)13-7-10-17-11-8-13/h1-5,9,13-14,16-17H,6-8,10-11H2,(H,18,19)/p+1/t14-/m0/s1. The molecule has 4 nitrogen and oxygen atoms in total. The van der Waals surface area contributed by atoms with E-state index in [1.165, 1.54) is 6.21 Å². The molecule has 1 aliphatic heterocycles. The average molecular weight is 260 g/mol. The van der Waals surface area contributed by atoms with Crippen LogP contribution in [0.3, 0.4) is 0 Å². The molecule has 1 aromatic rings. The molecule has 1 amide bonds. The van der Waals surface area contributed by atoms with E-state index in [0.29, 0.717) is 6.42 Å². The number of piperidine rings is 1. The lowest BCUT2D eigenvalue weighted by molar-refractivity contribution is -0.664. The minimum absolute atomic E-state index is 0.0721.